The summed E-state index contributed by atoms with van der Waals surface area (Å²) in [4.78, 5) is 0. The fourth-order valence-corrected chi connectivity index (χ4v) is 1.41. The molecule has 0 bridgehead atoms. The SMILES string of the molecule is CC(C)c1cc(CC#N)cc(C(F)(F)F)c1. The van der Waals surface area contributed by atoms with Gasteiger partial charge in [0.15, 0.2) is 0 Å². The third kappa shape index (κ3) is 2.99. The third-order valence-corrected chi connectivity index (χ3v) is 2.29. The molecule has 0 unspecified atom stereocenters. The van der Waals surface area contributed by atoms with Crippen molar-refractivity contribution in [1.29, 1.82) is 5.26 Å². The van der Waals surface area contributed by atoms with Crippen molar-refractivity contribution in [3.8, 4) is 6.07 Å². The lowest BCUT2D eigenvalue weighted by atomic mass is 9.96. The number of hydrogen-bond donors (Lipinski definition) is 0. The van der Waals surface area contributed by atoms with Crippen molar-refractivity contribution in [3.63, 3.8) is 0 Å². The maximum absolute atomic E-state index is 12.6. The first-order chi connectivity index (χ1) is 7.34. The van der Waals surface area contributed by atoms with Crippen molar-refractivity contribution in [2.45, 2.75) is 32.4 Å². The highest BCUT2D eigenvalue weighted by Gasteiger charge is 2.31. The second-order valence-electron chi connectivity index (χ2n) is 3.95. The van der Waals surface area contributed by atoms with Crippen LogP contribution >= 0.6 is 0 Å². The lowest BCUT2D eigenvalue weighted by molar-refractivity contribution is -0.137. The van der Waals surface area contributed by atoms with Crippen molar-refractivity contribution in [3.05, 3.63) is 34.9 Å². The van der Waals surface area contributed by atoms with E-state index in [4.69, 9.17) is 5.26 Å². The van der Waals surface area contributed by atoms with Crippen LogP contribution in [0.4, 0.5) is 13.2 Å². The fourth-order valence-electron chi connectivity index (χ4n) is 1.41. The summed E-state index contributed by atoms with van der Waals surface area (Å²) in [6.45, 7) is 3.65. The van der Waals surface area contributed by atoms with Crippen LogP contribution in [-0.4, -0.2) is 0 Å². The Morgan fingerprint density at radius 1 is 1.25 bits per heavy atom. The number of hydrogen-bond acceptors (Lipinski definition) is 1. The van der Waals surface area contributed by atoms with E-state index in [1.165, 1.54) is 0 Å². The Morgan fingerprint density at radius 2 is 1.88 bits per heavy atom. The Hall–Kier alpha value is -1.50. The van der Waals surface area contributed by atoms with Gasteiger partial charge in [-0.05, 0) is 29.2 Å². The highest BCUT2D eigenvalue weighted by atomic mass is 19.4. The van der Waals surface area contributed by atoms with Crippen LogP contribution in [-0.2, 0) is 12.6 Å². The number of nitriles is 1. The summed E-state index contributed by atoms with van der Waals surface area (Å²) in [6, 6.07) is 5.70. The molecule has 0 aliphatic rings. The summed E-state index contributed by atoms with van der Waals surface area (Å²) in [5.41, 5.74) is 0.352. The van der Waals surface area contributed by atoms with Gasteiger partial charge in [0.1, 0.15) is 0 Å². The first-order valence-electron chi connectivity index (χ1n) is 4.92. The highest BCUT2D eigenvalue weighted by Crippen LogP contribution is 2.32. The molecule has 1 aromatic carbocycles. The molecule has 16 heavy (non-hydrogen) atoms. The molecule has 0 radical (unpaired) electrons. The van der Waals surface area contributed by atoms with Gasteiger partial charge >= 0.3 is 6.18 Å². The summed E-state index contributed by atoms with van der Waals surface area (Å²) < 4.78 is 37.7. The van der Waals surface area contributed by atoms with E-state index in [0.29, 0.717) is 11.1 Å². The molecule has 1 nitrogen and oxygen atoms in total. The van der Waals surface area contributed by atoms with Crippen LogP contribution in [0.5, 0.6) is 0 Å². The number of benzene rings is 1. The summed E-state index contributed by atoms with van der Waals surface area (Å²) in [7, 11) is 0. The van der Waals surface area contributed by atoms with Gasteiger partial charge in [0.25, 0.3) is 0 Å². The van der Waals surface area contributed by atoms with Gasteiger partial charge in [0.05, 0.1) is 18.1 Å². The number of rotatable bonds is 2. The average Bonchev–Trinajstić information content (AvgIpc) is 2.16. The molecule has 86 valence electrons. The van der Waals surface area contributed by atoms with Gasteiger partial charge in [-0.3, -0.25) is 0 Å². The highest BCUT2D eigenvalue weighted by molar-refractivity contribution is 5.34. The minimum absolute atomic E-state index is 0.00361. The van der Waals surface area contributed by atoms with E-state index in [1.807, 2.05) is 19.9 Å². The Labute approximate surface area is 92.5 Å². The number of nitrogens with zero attached hydrogens (tertiary/aromatic N) is 1. The van der Waals surface area contributed by atoms with Gasteiger partial charge < -0.3 is 0 Å². The third-order valence-electron chi connectivity index (χ3n) is 2.29. The molecule has 0 aliphatic carbocycles. The summed E-state index contributed by atoms with van der Waals surface area (Å²) in [5.74, 6) is 0.0137. The molecule has 0 spiro atoms. The molecule has 0 atom stereocenters. The molecule has 4 heteroatoms. The second kappa shape index (κ2) is 4.56. The Bertz CT molecular complexity index is 413. The van der Waals surface area contributed by atoms with Crippen LogP contribution in [0.3, 0.4) is 0 Å². The normalized spacial score (nSPS) is 11.6. The molecule has 0 aliphatic heterocycles. The smallest absolute Gasteiger partial charge is 0.198 e. The largest absolute Gasteiger partial charge is 0.416 e. The van der Waals surface area contributed by atoms with E-state index in [9.17, 15) is 13.2 Å². The lowest BCUT2D eigenvalue weighted by Crippen LogP contribution is -2.07. The van der Waals surface area contributed by atoms with Crippen LogP contribution in [0.25, 0.3) is 0 Å². The molecule has 0 fully saturated rings. The Kier molecular flexibility index (Phi) is 3.58. The molecule has 1 aromatic rings. The average molecular weight is 227 g/mol. The van der Waals surface area contributed by atoms with Gasteiger partial charge in [-0.2, -0.15) is 18.4 Å². The summed E-state index contributed by atoms with van der Waals surface area (Å²) in [6.07, 6.45) is -4.35. The summed E-state index contributed by atoms with van der Waals surface area (Å²) in [5, 5.41) is 8.51. The molecule has 0 amide bonds. The van der Waals surface area contributed by atoms with E-state index in [2.05, 4.69) is 0 Å². The van der Waals surface area contributed by atoms with Crippen molar-refractivity contribution in [2.24, 2.45) is 0 Å². The quantitative estimate of drug-likeness (QED) is 0.751. The lowest BCUT2D eigenvalue weighted by Gasteiger charge is -2.13. The van der Waals surface area contributed by atoms with Gasteiger partial charge in [-0.1, -0.05) is 19.9 Å². The predicted molar refractivity (Wildman–Crippen MR) is 54.9 cm³/mol. The van der Waals surface area contributed by atoms with E-state index in [-0.39, 0.29) is 12.3 Å². The zero-order valence-electron chi connectivity index (χ0n) is 9.10. The molecule has 0 aromatic heterocycles. The van der Waals surface area contributed by atoms with Crippen molar-refractivity contribution in [1.82, 2.24) is 0 Å². The Balaban J connectivity index is 3.25. The van der Waals surface area contributed by atoms with Gasteiger partial charge in [0, 0.05) is 0 Å². The van der Waals surface area contributed by atoms with Gasteiger partial charge in [-0.15, -0.1) is 0 Å². The van der Waals surface area contributed by atoms with Crippen LogP contribution in [0.15, 0.2) is 18.2 Å². The molecule has 0 heterocycles. The van der Waals surface area contributed by atoms with Gasteiger partial charge in [0.2, 0.25) is 0 Å². The van der Waals surface area contributed by atoms with Crippen molar-refractivity contribution < 1.29 is 13.2 Å². The number of halogens is 3. The second-order valence-corrected chi connectivity index (χ2v) is 3.95. The van der Waals surface area contributed by atoms with E-state index >= 15 is 0 Å². The zero-order valence-corrected chi connectivity index (χ0v) is 9.10. The van der Waals surface area contributed by atoms with Crippen molar-refractivity contribution >= 4 is 0 Å². The first-order valence-corrected chi connectivity index (χ1v) is 4.92. The molecule has 1 rings (SSSR count). The molecule has 0 saturated carbocycles. The fraction of sp³-hybridized carbons (Fsp3) is 0.417. The Morgan fingerprint density at radius 3 is 2.31 bits per heavy atom. The molecular weight excluding hydrogens is 215 g/mol. The zero-order chi connectivity index (χ0) is 12.3. The minimum Gasteiger partial charge on any atom is -0.198 e. The van der Waals surface area contributed by atoms with Crippen LogP contribution in [0.2, 0.25) is 0 Å². The van der Waals surface area contributed by atoms with Crippen LogP contribution < -0.4 is 0 Å². The molecule has 0 saturated heterocycles. The topological polar surface area (TPSA) is 23.8 Å². The monoisotopic (exact) mass is 227 g/mol. The summed E-state index contributed by atoms with van der Waals surface area (Å²) >= 11 is 0. The van der Waals surface area contributed by atoms with Crippen LogP contribution in [0.1, 0.15) is 36.5 Å². The molecular formula is C12H12F3N. The maximum Gasteiger partial charge on any atom is 0.416 e. The standard InChI is InChI=1S/C12H12F3N/c1-8(2)10-5-9(3-4-16)6-11(7-10)12(13,14)15/h5-8H,3H2,1-2H3. The van der Waals surface area contributed by atoms with Crippen molar-refractivity contribution in [2.75, 3.05) is 0 Å². The number of alkyl halides is 3. The minimum atomic E-state index is -4.35. The first kappa shape index (κ1) is 12.6. The van der Waals surface area contributed by atoms with E-state index in [0.717, 1.165) is 12.1 Å². The maximum atomic E-state index is 12.6. The van der Waals surface area contributed by atoms with E-state index < -0.39 is 11.7 Å². The van der Waals surface area contributed by atoms with E-state index in [1.54, 1.807) is 6.07 Å². The van der Waals surface area contributed by atoms with Crippen LogP contribution in [0, 0.1) is 11.3 Å². The van der Waals surface area contributed by atoms with Gasteiger partial charge in [-0.25, -0.2) is 0 Å². The molecule has 0 N–H and O–H groups in total. The predicted octanol–water partition coefficient (Wildman–Crippen LogP) is 3.89.